The molecule has 0 spiro atoms. The first-order valence-corrected chi connectivity index (χ1v) is 20.0. The molecule has 13 nitrogen and oxygen atoms in total. The Morgan fingerprint density at radius 2 is 1.60 bits per heavy atom. The van der Waals surface area contributed by atoms with Crippen LogP contribution in [0.2, 0.25) is 0 Å². The van der Waals surface area contributed by atoms with Crippen LogP contribution >= 0.6 is 11.6 Å². The Bertz CT molecular complexity index is 2100. The lowest BCUT2D eigenvalue weighted by Crippen LogP contribution is -2.33. The second kappa shape index (κ2) is 19.6. The number of H-pyrrole nitrogens is 1. The summed E-state index contributed by atoms with van der Waals surface area (Å²) in [6.07, 6.45) is 5.13. The van der Waals surface area contributed by atoms with Gasteiger partial charge in [-0.1, -0.05) is 24.3 Å². The number of likely N-dealkylation sites (N-methyl/N-ethyl adjacent to an activating group) is 1. The summed E-state index contributed by atoms with van der Waals surface area (Å²) in [4.78, 5) is 60.7. The molecule has 1 atom stereocenters. The molecule has 0 bridgehead atoms. The van der Waals surface area contributed by atoms with Crippen LogP contribution in [-0.4, -0.2) is 136 Å². The molecule has 0 saturated heterocycles. The highest BCUT2D eigenvalue weighted by atomic mass is 35.5. The van der Waals surface area contributed by atoms with Crippen molar-refractivity contribution < 1.29 is 38.1 Å². The predicted molar refractivity (Wildman–Crippen MR) is 221 cm³/mol. The van der Waals surface area contributed by atoms with E-state index in [-0.39, 0.29) is 49.9 Å². The zero-order valence-electron chi connectivity index (χ0n) is 33.2. The van der Waals surface area contributed by atoms with Gasteiger partial charge in [0.25, 0.3) is 17.7 Å². The van der Waals surface area contributed by atoms with Gasteiger partial charge in [-0.25, -0.2) is 4.79 Å². The van der Waals surface area contributed by atoms with Crippen molar-refractivity contribution in [2.24, 2.45) is 0 Å². The number of rotatable bonds is 20. The molecular formula is C43H52ClN5O8. The van der Waals surface area contributed by atoms with Crippen LogP contribution in [0.1, 0.15) is 45.9 Å². The molecule has 3 heterocycles. The van der Waals surface area contributed by atoms with E-state index >= 15 is 0 Å². The normalized spacial score (nSPS) is 15.2. The maximum Gasteiger partial charge on any atom is 0.415 e. The monoisotopic (exact) mass is 801 g/mol. The van der Waals surface area contributed by atoms with Crippen molar-refractivity contribution in [1.29, 1.82) is 0 Å². The zero-order chi connectivity index (χ0) is 40.5. The molecule has 304 valence electrons. The fourth-order valence-corrected chi connectivity index (χ4v) is 7.51. The maximum atomic E-state index is 14.3. The van der Waals surface area contributed by atoms with Crippen LogP contribution < -0.4 is 9.64 Å². The first kappa shape index (κ1) is 41.8. The second-order valence-corrected chi connectivity index (χ2v) is 15.0. The van der Waals surface area contributed by atoms with Gasteiger partial charge in [-0.2, -0.15) is 0 Å². The molecule has 3 aromatic carbocycles. The molecule has 1 N–H and O–H groups in total. The lowest BCUT2D eigenvalue weighted by molar-refractivity contribution is -0.137. The van der Waals surface area contributed by atoms with E-state index in [1.165, 1.54) is 22.6 Å². The third kappa shape index (κ3) is 10.2. The Labute approximate surface area is 338 Å². The molecular weight excluding hydrogens is 750 g/mol. The standard InChI is InChI=1S/C43H52ClN5O8/c1-29-8-7-10-33-37(57-43(53)47(4)16-18-54-20-22-56-23-21-55-19-17-48-38(50)13-14-39(48)51)26-36-41(40(29)33)32(27-44)28-49(36)42(52)35-25-31-24-30(11-12-34(31)45-35)9-5-6-15-46(2)3/h7-8,10-14,24-26,32,45H,5-6,9,15-23,27-28H2,1-4H3/t32-/m1/s1. The fraction of sp³-hybridized carbons (Fsp3) is 0.442. The number of hydrogen-bond donors (Lipinski definition) is 1. The fourth-order valence-electron chi connectivity index (χ4n) is 7.26. The molecule has 4 aromatic rings. The summed E-state index contributed by atoms with van der Waals surface area (Å²) < 4.78 is 22.7. The van der Waals surface area contributed by atoms with Gasteiger partial charge in [0.1, 0.15) is 11.4 Å². The number of ether oxygens (including phenoxy) is 4. The molecule has 2 aliphatic heterocycles. The smallest absolute Gasteiger partial charge is 0.409 e. The van der Waals surface area contributed by atoms with Gasteiger partial charge in [0, 0.05) is 66.4 Å². The maximum absolute atomic E-state index is 14.3. The van der Waals surface area contributed by atoms with Gasteiger partial charge in [0.15, 0.2) is 0 Å². The topological polar surface area (TPSA) is 134 Å². The van der Waals surface area contributed by atoms with E-state index in [0.717, 1.165) is 63.5 Å². The van der Waals surface area contributed by atoms with Crippen LogP contribution in [0.15, 0.2) is 60.7 Å². The van der Waals surface area contributed by atoms with Crippen LogP contribution in [0.4, 0.5) is 10.5 Å². The van der Waals surface area contributed by atoms with Crippen molar-refractivity contribution in [2.75, 3.05) is 97.7 Å². The molecule has 1 aromatic heterocycles. The minimum atomic E-state index is -0.555. The van der Waals surface area contributed by atoms with Crippen molar-refractivity contribution in [3.05, 3.63) is 83.1 Å². The van der Waals surface area contributed by atoms with Crippen molar-refractivity contribution in [3.8, 4) is 5.75 Å². The Kier molecular flexibility index (Phi) is 14.4. The van der Waals surface area contributed by atoms with Crippen molar-refractivity contribution in [2.45, 2.75) is 32.1 Å². The SMILES string of the molecule is Cc1cccc2c(OC(=O)N(C)CCOCCOCCOCCN3C(=O)C=CC3=O)cc3c(c12)[C@H](CCl)CN3C(=O)c1cc2cc(CCCCN(C)C)ccc2[nH]1. The van der Waals surface area contributed by atoms with Crippen molar-refractivity contribution in [3.63, 3.8) is 0 Å². The third-order valence-electron chi connectivity index (χ3n) is 10.3. The number of alkyl halides is 1. The molecule has 4 amide bonds. The number of halogens is 1. The number of hydrogen-bond acceptors (Lipinski definition) is 9. The van der Waals surface area contributed by atoms with Crippen LogP contribution in [0.25, 0.3) is 21.7 Å². The Morgan fingerprint density at radius 1 is 0.877 bits per heavy atom. The summed E-state index contributed by atoms with van der Waals surface area (Å²) in [5.74, 6) is -0.255. The first-order chi connectivity index (χ1) is 27.5. The van der Waals surface area contributed by atoms with Gasteiger partial charge in [-0.3, -0.25) is 19.3 Å². The number of benzene rings is 3. The van der Waals surface area contributed by atoms with Crippen molar-refractivity contribution >= 4 is 62.8 Å². The molecule has 6 rings (SSSR count). The van der Waals surface area contributed by atoms with Crippen LogP contribution in [-0.2, 0) is 30.2 Å². The molecule has 0 aliphatic carbocycles. The Morgan fingerprint density at radius 3 is 2.32 bits per heavy atom. The third-order valence-corrected chi connectivity index (χ3v) is 10.7. The van der Waals surface area contributed by atoms with Gasteiger partial charge in [-0.15, -0.1) is 11.6 Å². The van der Waals surface area contributed by atoms with Gasteiger partial charge in [-0.05, 0) is 87.1 Å². The number of anilines is 1. The number of unbranched alkanes of at least 4 members (excludes halogenated alkanes) is 1. The lowest BCUT2D eigenvalue weighted by Gasteiger charge is -2.21. The summed E-state index contributed by atoms with van der Waals surface area (Å²) in [6.45, 7) is 5.75. The minimum Gasteiger partial charge on any atom is -0.409 e. The number of imide groups is 1. The molecule has 14 heteroatoms. The van der Waals surface area contributed by atoms with E-state index in [1.54, 1.807) is 18.0 Å². The van der Waals surface area contributed by atoms with Gasteiger partial charge >= 0.3 is 6.09 Å². The second-order valence-electron chi connectivity index (χ2n) is 14.7. The van der Waals surface area contributed by atoms with E-state index in [2.05, 4.69) is 36.1 Å². The number of aromatic amines is 1. The summed E-state index contributed by atoms with van der Waals surface area (Å²) in [7, 11) is 5.82. The number of aryl methyl sites for hydroxylation is 2. The minimum absolute atomic E-state index is 0.107. The Hall–Kier alpha value is -4.79. The number of nitrogens with zero attached hydrogens (tertiary/aromatic N) is 4. The van der Waals surface area contributed by atoms with Crippen LogP contribution in [0, 0.1) is 6.92 Å². The molecule has 57 heavy (non-hydrogen) atoms. The van der Waals surface area contributed by atoms with E-state index in [1.807, 2.05) is 37.3 Å². The molecule has 2 aliphatic rings. The van der Waals surface area contributed by atoms with Crippen molar-refractivity contribution in [1.82, 2.24) is 19.7 Å². The number of nitrogens with one attached hydrogen (secondary N) is 1. The molecule has 0 radical (unpaired) electrons. The molecule has 0 saturated carbocycles. The molecule has 0 unspecified atom stereocenters. The summed E-state index contributed by atoms with van der Waals surface area (Å²) in [5.41, 5.74) is 5.29. The largest absolute Gasteiger partial charge is 0.415 e. The average Bonchev–Trinajstić information content (AvgIpc) is 3.89. The van der Waals surface area contributed by atoms with E-state index in [0.29, 0.717) is 56.0 Å². The number of amides is 4. The highest BCUT2D eigenvalue weighted by Crippen LogP contribution is 2.47. The zero-order valence-corrected chi connectivity index (χ0v) is 33.9. The quantitative estimate of drug-likeness (QED) is 0.0659. The Balaban J connectivity index is 1.04. The van der Waals surface area contributed by atoms with Crippen LogP contribution in [0.3, 0.4) is 0 Å². The van der Waals surface area contributed by atoms with Gasteiger partial charge in [0.05, 0.1) is 51.9 Å². The highest BCUT2D eigenvalue weighted by molar-refractivity contribution is 6.19. The summed E-state index contributed by atoms with van der Waals surface area (Å²) >= 11 is 6.58. The van der Waals surface area contributed by atoms with Crippen LogP contribution in [0.5, 0.6) is 5.75 Å². The number of fused-ring (bicyclic) bond motifs is 4. The van der Waals surface area contributed by atoms with E-state index < -0.39 is 6.09 Å². The number of carbonyl (C=O) groups excluding carboxylic acids is 4. The number of aromatic nitrogens is 1. The summed E-state index contributed by atoms with van der Waals surface area (Å²) in [6, 6.07) is 15.9. The number of carbonyl (C=O) groups is 4. The summed E-state index contributed by atoms with van der Waals surface area (Å²) in [5, 5.41) is 2.70. The average molecular weight is 802 g/mol. The lowest BCUT2D eigenvalue weighted by atomic mass is 9.92. The van der Waals surface area contributed by atoms with Gasteiger partial charge < -0.3 is 38.6 Å². The highest BCUT2D eigenvalue weighted by Gasteiger charge is 2.36. The van der Waals surface area contributed by atoms with Gasteiger partial charge in [0.2, 0.25) is 0 Å². The molecule has 0 fully saturated rings. The van der Waals surface area contributed by atoms with E-state index in [9.17, 15) is 19.2 Å². The predicted octanol–water partition coefficient (Wildman–Crippen LogP) is 5.90. The van der Waals surface area contributed by atoms with E-state index in [4.69, 9.17) is 30.5 Å². The first-order valence-electron chi connectivity index (χ1n) is 19.5.